The molecule has 6 heteroatoms. The van der Waals surface area contributed by atoms with Crippen LogP contribution in [0.5, 0.6) is 0 Å². The molecule has 2 saturated heterocycles. The number of aromatic nitrogens is 3. The van der Waals surface area contributed by atoms with E-state index in [1.807, 2.05) is 34.7 Å². The Morgan fingerprint density at radius 3 is 2.59 bits per heavy atom. The Bertz CT molecular complexity index is 825. The lowest BCUT2D eigenvalue weighted by Gasteiger charge is -2.38. The summed E-state index contributed by atoms with van der Waals surface area (Å²) < 4.78 is 1.81. The molecule has 1 spiro atoms. The average Bonchev–Trinajstić information content (AvgIpc) is 3.29. The molecule has 1 amide bonds. The molecule has 1 N–H and O–H groups in total. The van der Waals surface area contributed by atoms with Gasteiger partial charge in [0, 0.05) is 19.6 Å². The van der Waals surface area contributed by atoms with E-state index < -0.39 is 0 Å². The predicted molar refractivity (Wildman–Crippen MR) is 105 cm³/mol. The van der Waals surface area contributed by atoms with E-state index in [1.54, 1.807) is 0 Å². The first-order valence-corrected chi connectivity index (χ1v) is 10.0. The molecular weight excluding hydrogens is 338 g/mol. The summed E-state index contributed by atoms with van der Waals surface area (Å²) in [5, 5.41) is 8.06. The van der Waals surface area contributed by atoms with Gasteiger partial charge < -0.3 is 10.2 Å². The number of amides is 1. The Morgan fingerprint density at radius 2 is 1.93 bits per heavy atom. The lowest BCUT2D eigenvalue weighted by atomic mass is 9.78. The molecule has 3 heterocycles. The quantitative estimate of drug-likeness (QED) is 0.906. The highest BCUT2D eigenvalue weighted by atomic mass is 16.2. The van der Waals surface area contributed by atoms with Crippen LogP contribution in [-0.2, 0) is 0 Å². The number of benzene rings is 1. The monoisotopic (exact) mass is 367 g/mol. The van der Waals surface area contributed by atoms with E-state index in [-0.39, 0.29) is 5.91 Å². The summed E-state index contributed by atoms with van der Waals surface area (Å²) in [6.07, 6.45) is 3.37. The number of hydrogen-bond acceptors (Lipinski definition) is 4. The molecule has 0 atom stereocenters. The van der Waals surface area contributed by atoms with Crippen LogP contribution in [0.2, 0.25) is 0 Å². The molecular formula is C21H29N5O. The highest BCUT2D eigenvalue weighted by Crippen LogP contribution is 2.37. The number of carbonyl (C=O) groups excluding carboxylic acids is 1. The van der Waals surface area contributed by atoms with Gasteiger partial charge in [-0.15, -0.1) is 5.10 Å². The minimum absolute atomic E-state index is 0.0420. The van der Waals surface area contributed by atoms with Crippen molar-refractivity contribution in [3.05, 3.63) is 41.5 Å². The first-order chi connectivity index (χ1) is 13.0. The fraction of sp³-hybridized carbons (Fsp3) is 0.571. The Morgan fingerprint density at radius 1 is 1.19 bits per heavy atom. The average molecular weight is 367 g/mol. The maximum Gasteiger partial charge on any atom is 0.293 e. The standard InChI is InChI=1S/C21H29N5O/c1-15(2)17-6-4-5-7-18(17)26-16(3)23-19(24-26)20(27)25-12-9-21(10-13-25)8-11-22-14-21/h4-7,15,22H,8-14H2,1-3H3. The Balaban J connectivity index is 1.54. The molecule has 0 bridgehead atoms. The molecule has 4 rings (SSSR count). The third kappa shape index (κ3) is 3.38. The number of carbonyl (C=O) groups is 1. The first kappa shape index (κ1) is 18.2. The molecule has 2 aromatic rings. The van der Waals surface area contributed by atoms with Gasteiger partial charge >= 0.3 is 0 Å². The molecule has 144 valence electrons. The van der Waals surface area contributed by atoms with Crippen LogP contribution in [0.15, 0.2) is 24.3 Å². The Hall–Kier alpha value is -2.21. The second-order valence-corrected chi connectivity index (χ2v) is 8.33. The largest absolute Gasteiger partial charge is 0.336 e. The number of hydrogen-bond donors (Lipinski definition) is 1. The topological polar surface area (TPSA) is 63.1 Å². The normalized spacial score (nSPS) is 19.2. The lowest BCUT2D eigenvalue weighted by molar-refractivity contribution is 0.0596. The van der Waals surface area contributed by atoms with Gasteiger partial charge in [0.2, 0.25) is 5.82 Å². The zero-order valence-electron chi connectivity index (χ0n) is 16.5. The molecule has 0 aliphatic carbocycles. The number of nitrogens with zero attached hydrogens (tertiary/aromatic N) is 4. The summed E-state index contributed by atoms with van der Waals surface area (Å²) in [4.78, 5) is 19.4. The van der Waals surface area contributed by atoms with Crippen LogP contribution < -0.4 is 5.32 Å². The highest BCUT2D eigenvalue weighted by molar-refractivity contribution is 5.90. The van der Waals surface area contributed by atoms with Crippen LogP contribution in [0.25, 0.3) is 5.69 Å². The van der Waals surface area contributed by atoms with Gasteiger partial charge in [0.25, 0.3) is 5.91 Å². The van der Waals surface area contributed by atoms with E-state index in [0.717, 1.165) is 50.5 Å². The Labute approximate surface area is 161 Å². The van der Waals surface area contributed by atoms with Crippen LogP contribution >= 0.6 is 0 Å². The van der Waals surface area contributed by atoms with Crippen LogP contribution in [0, 0.1) is 12.3 Å². The molecule has 27 heavy (non-hydrogen) atoms. The van der Waals surface area contributed by atoms with Crippen molar-refractivity contribution in [2.75, 3.05) is 26.2 Å². The summed E-state index contributed by atoms with van der Waals surface area (Å²) in [6, 6.07) is 8.20. The number of nitrogens with one attached hydrogen (secondary N) is 1. The third-order valence-corrected chi connectivity index (χ3v) is 6.19. The number of para-hydroxylation sites is 1. The fourth-order valence-electron chi connectivity index (χ4n) is 4.43. The van der Waals surface area contributed by atoms with E-state index >= 15 is 0 Å². The van der Waals surface area contributed by atoms with E-state index in [9.17, 15) is 4.79 Å². The van der Waals surface area contributed by atoms with E-state index in [2.05, 4.69) is 35.3 Å². The van der Waals surface area contributed by atoms with Crippen LogP contribution in [0.3, 0.4) is 0 Å². The van der Waals surface area contributed by atoms with Gasteiger partial charge in [0.15, 0.2) is 0 Å². The van der Waals surface area contributed by atoms with Gasteiger partial charge in [0.05, 0.1) is 5.69 Å². The van der Waals surface area contributed by atoms with E-state index in [1.165, 1.54) is 12.0 Å². The van der Waals surface area contributed by atoms with Crippen LogP contribution in [0.4, 0.5) is 0 Å². The zero-order valence-corrected chi connectivity index (χ0v) is 16.5. The van der Waals surface area contributed by atoms with Gasteiger partial charge in [-0.25, -0.2) is 9.67 Å². The number of piperidine rings is 1. The summed E-state index contributed by atoms with van der Waals surface area (Å²) >= 11 is 0. The second-order valence-electron chi connectivity index (χ2n) is 8.33. The Kier molecular flexibility index (Phi) is 4.76. The molecule has 2 aliphatic heterocycles. The molecule has 2 fully saturated rings. The highest BCUT2D eigenvalue weighted by Gasteiger charge is 2.38. The van der Waals surface area contributed by atoms with Gasteiger partial charge in [-0.05, 0) is 55.7 Å². The van der Waals surface area contributed by atoms with Gasteiger partial charge in [-0.3, -0.25) is 4.79 Å². The number of rotatable bonds is 3. The van der Waals surface area contributed by atoms with Crippen molar-refractivity contribution in [2.24, 2.45) is 5.41 Å². The first-order valence-electron chi connectivity index (χ1n) is 10.0. The maximum absolute atomic E-state index is 13.0. The second kappa shape index (κ2) is 7.08. The molecule has 0 radical (unpaired) electrons. The predicted octanol–water partition coefficient (Wildman–Crippen LogP) is 2.91. The van der Waals surface area contributed by atoms with Crippen LogP contribution in [-0.4, -0.2) is 51.8 Å². The smallest absolute Gasteiger partial charge is 0.293 e. The summed E-state index contributed by atoms with van der Waals surface area (Å²) in [5.41, 5.74) is 2.61. The number of likely N-dealkylation sites (tertiary alicyclic amines) is 1. The maximum atomic E-state index is 13.0. The summed E-state index contributed by atoms with van der Waals surface area (Å²) in [5.74, 6) is 1.40. The molecule has 6 nitrogen and oxygen atoms in total. The van der Waals surface area contributed by atoms with Crippen molar-refractivity contribution in [2.45, 2.75) is 46.0 Å². The van der Waals surface area contributed by atoms with Crippen molar-refractivity contribution in [3.8, 4) is 5.69 Å². The SMILES string of the molecule is Cc1nc(C(=O)N2CCC3(CCNC3)CC2)nn1-c1ccccc1C(C)C. The van der Waals surface area contributed by atoms with Crippen molar-refractivity contribution < 1.29 is 4.79 Å². The van der Waals surface area contributed by atoms with Crippen molar-refractivity contribution in [1.29, 1.82) is 0 Å². The minimum atomic E-state index is -0.0420. The summed E-state index contributed by atoms with van der Waals surface area (Å²) in [6.45, 7) is 10.0. The van der Waals surface area contributed by atoms with E-state index in [4.69, 9.17) is 0 Å². The molecule has 2 aliphatic rings. The number of aryl methyl sites for hydroxylation is 1. The minimum Gasteiger partial charge on any atom is -0.336 e. The van der Waals surface area contributed by atoms with Gasteiger partial charge in [-0.1, -0.05) is 32.0 Å². The van der Waals surface area contributed by atoms with E-state index in [0.29, 0.717) is 17.2 Å². The molecule has 0 saturated carbocycles. The van der Waals surface area contributed by atoms with Gasteiger partial charge in [-0.2, -0.15) is 0 Å². The lowest BCUT2D eigenvalue weighted by Crippen LogP contribution is -2.44. The summed E-state index contributed by atoms with van der Waals surface area (Å²) in [7, 11) is 0. The molecule has 0 unspecified atom stereocenters. The molecule has 1 aromatic heterocycles. The molecule has 1 aromatic carbocycles. The van der Waals surface area contributed by atoms with Crippen molar-refractivity contribution >= 4 is 5.91 Å². The third-order valence-electron chi connectivity index (χ3n) is 6.19. The zero-order chi connectivity index (χ0) is 19.0. The van der Waals surface area contributed by atoms with Crippen LogP contribution in [0.1, 0.15) is 61.0 Å². The fourth-order valence-corrected chi connectivity index (χ4v) is 4.43. The van der Waals surface area contributed by atoms with Crippen molar-refractivity contribution in [3.63, 3.8) is 0 Å². The van der Waals surface area contributed by atoms with Crippen molar-refractivity contribution in [1.82, 2.24) is 25.0 Å². The van der Waals surface area contributed by atoms with Gasteiger partial charge in [0.1, 0.15) is 5.82 Å².